The second kappa shape index (κ2) is 7.06. The van der Waals surface area contributed by atoms with Gasteiger partial charge in [-0.3, -0.25) is 9.88 Å². The Labute approximate surface area is 154 Å². The van der Waals surface area contributed by atoms with Crippen LogP contribution in [0.4, 0.5) is 0 Å². The average molecular weight is 347 g/mol. The van der Waals surface area contributed by atoms with E-state index in [1.165, 1.54) is 27.7 Å². The molecule has 0 saturated carbocycles. The molecule has 0 bridgehead atoms. The van der Waals surface area contributed by atoms with Crippen molar-refractivity contribution in [2.75, 3.05) is 13.1 Å². The Bertz CT molecular complexity index is 929. The molecule has 1 atom stereocenters. The molecule has 2 aromatic heterocycles. The van der Waals surface area contributed by atoms with Crippen LogP contribution in [0.15, 0.2) is 55.4 Å². The van der Waals surface area contributed by atoms with Crippen molar-refractivity contribution in [1.82, 2.24) is 14.5 Å². The molecule has 0 radical (unpaired) electrons. The molecule has 0 saturated heterocycles. The highest BCUT2D eigenvalue weighted by molar-refractivity contribution is 5.86. The number of rotatable bonds is 5. The van der Waals surface area contributed by atoms with Gasteiger partial charge in [-0.2, -0.15) is 0 Å². The van der Waals surface area contributed by atoms with Crippen molar-refractivity contribution >= 4 is 10.9 Å². The lowest BCUT2D eigenvalue weighted by Gasteiger charge is -2.27. The van der Waals surface area contributed by atoms with E-state index in [1.54, 1.807) is 12.4 Å². The van der Waals surface area contributed by atoms with Crippen molar-refractivity contribution in [2.45, 2.75) is 32.5 Å². The second-order valence-corrected chi connectivity index (χ2v) is 7.13. The van der Waals surface area contributed by atoms with Gasteiger partial charge in [0.15, 0.2) is 0 Å². The standard InChI is InChI=1S/C22H25N3O/c1-3-11-24-12-8-21-19(14-24)18-13-16(2)4-5-20(18)25(21)15-22(26)17-6-9-23-10-7-17/h3-7,9-10,13,22,26H,1,8,11-12,14-15H2,2H3. The van der Waals surface area contributed by atoms with Crippen LogP contribution in [0.25, 0.3) is 10.9 Å². The minimum absolute atomic E-state index is 0.537. The van der Waals surface area contributed by atoms with Crippen LogP contribution >= 0.6 is 0 Å². The topological polar surface area (TPSA) is 41.3 Å². The fourth-order valence-corrected chi connectivity index (χ4v) is 4.03. The normalized spacial score (nSPS) is 15.8. The molecule has 134 valence electrons. The summed E-state index contributed by atoms with van der Waals surface area (Å²) in [6.07, 6.45) is 5.91. The minimum atomic E-state index is -0.537. The maximum atomic E-state index is 10.8. The lowest BCUT2D eigenvalue weighted by Crippen LogP contribution is -2.31. The average Bonchev–Trinajstić information content (AvgIpc) is 2.95. The molecule has 3 aromatic rings. The van der Waals surface area contributed by atoms with Crippen LogP contribution in [0.3, 0.4) is 0 Å². The number of pyridine rings is 1. The van der Waals surface area contributed by atoms with Gasteiger partial charge in [-0.25, -0.2) is 0 Å². The molecule has 0 spiro atoms. The summed E-state index contributed by atoms with van der Waals surface area (Å²) in [4.78, 5) is 6.48. The first-order chi connectivity index (χ1) is 12.7. The Kier molecular flexibility index (Phi) is 4.62. The SMILES string of the molecule is C=CCN1CCc2c(c3cc(C)ccc3n2CC(O)c2ccncc2)C1. The molecule has 4 rings (SSSR count). The number of aliphatic hydroxyl groups is 1. The van der Waals surface area contributed by atoms with Crippen LogP contribution < -0.4 is 0 Å². The Hall–Kier alpha value is -2.43. The summed E-state index contributed by atoms with van der Waals surface area (Å²) in [5, 5.41) is 12.1. The number of hydrogen-bond donors (Lipinski definition) is 1. The molecule has 0 aliphatic carbocycles. The Balaban J connectivity index is 1.76. The van der Waals surface area contributed by atoms with Crippen molar-refractivity contribution in [2.24, 2.45) is 0 Å². The minimum Gasteiger partial charge on any atom is -0.387 e. The van der Waals surface area contributed by atoms with Crippen LogP contribution in [0.2, 0.25) is 0 Å². The molecule has 4 nitrogen and oxygen atoms in total. The van der Waals surface area contributed by atoms with Crippen molar-refractivity contribution in [3.8, 4) is 0 Å². The highest BCUT2D eigenvalue weighted by Gasteiger charge is 2.24. The molecular formula is C22H25N3O. The smallest absolute Gasteiger partial charge is 0.0970 e. The fourth-order valence-electron chi connectivity index (χ4n) is 4.03. The highest BCUT2D eigenvalue weighted by Crippen LogP contribution is 2.33. The fraction of sp³-hybridized carbons (Fsp3) is 0.318. The van der Waals surface area contributed by atoms with E-state index in [1.807, 2.05) is 18.2 Å². The molecule has 26 heavy (non-hydrogen) atoms. The summed E-state index contributed by atoms with van der Waals surface area (Å²) in [6, 6.07) is 10.4. The summed E-state index contributed by atoms with van der Waals surface area (Å²) in [6.45, 7) is 9.47. The summed E-state index contributed by atoms with van der Waals surface area (Å²) < 4.78 is 2.32. The first-order valence-corrected chi connectivity index (χ1v) is 9.19. The van der Waals surface area contributed by atoms with E-state index in [-0.39, 0.29) is 0 Å². The molecule has 1 N–H and O–H groups in total. The van der Waals surface area contributed by atoms with Gasteiger partial charge in [0.1, 0.15) is 0 Å². The first kappa shape index (κ1) is 17.0. The van der Waals surface area contributed by atoms with Gasteiger partial charge >= 0.3 is 0 Å². The number of aryl methyl sites for hydroxylation is 1. The maximum absolute atomic E-state index is 10.8. The van der Waals surface area contributed by atoms with Crippen LogP contribution in [0.1, 0.15) is 28.5 Å². The third-order valence-corrected chi connectivity index (χ3v) is 5.32. The zero-order valence-electron chi connectivity index (χ0n) is 15.2. The summed E-state index contributed by atoms with van der Waals surface area (Å²) in [5.74, 6) is 0. The van der Waals surface area contributed by atoms with E-state index in [2.05, 4.69) is 46.2 Å². The van der Waals surface area contributed by atoms with Gasteiger partial charge in [-0.05, 0) is 42.3 Å². The van der Waals surface area contributed by atoms with Gasteiger partial charge in [0.05, 0.1) is 12.6 Å². The molecule has 0 fully saturated rings. The van der Waals surface area contributed by atoms with E-state index in [0.717, 1.165) is 31.6 Å². The zero-order chi connectivity index (χ0) is 18.1. The van der Waals surface area contributed by atoms with Crippen molar-refractivity contribution in [1.29, 1.82) is 0 Å². The number of fused-ring (bicyclic) bond motifs is 3. The van der Waals surface area contributed by atoms with Gasteiger partial charge in [-0.15, -0.1) is 6.58 Å². The molecule has 1 aliphatic rings. The van der Waals surface area contributed by atoms with Crippen LogP contribution in [-0.4, -0.2) is 32.6 Å². The molecular weight excluding hydrogens is 322 g/mol. The van der Waals surface area contributed by atoms with E-state index >= 15 is 0 Å². The largest absolute Gasteiger partial charge is 0.387 e. The third-order valence-electron chi connectivity index (χ3n) is 5.32. The lowest BCUT2D eigenvalue weighted by atomic mass is 10.0. The quantitative estimate of drug-likeness (QED) is 0.717. The van der Waals surface area contributed by atoms with Gasteiger partial charge in [0, 0.05) is 55.0 Å². The maximum Gasteiger partial charge on any atom is 0.0970 e. The Morgan fingerprint density at radius 3 is 2.85 bits per heavy atom. The molecule has 1 aromatic carbocycles. The van der Waals surface area contributed by atoms with Crippen molar-refractivity contribution in [3.63, 3.8) is 0 Å². The monoisotopic (exact) mass is 347 g/mol. The Morgan fingerprint density at radius 1 is 1.27 bits per heavy atom. The van der Waals surface area contributed by atoms with Crippen LogP contribution in [-0.2, 0) is 19.5 Å². The van der Waals surface area contributed by atoms with Crippen LogP contribution in [0.5, 0.6) is 0 Å². The van der Waals surface area contributed by atoms with Gasteiger partial charge < -0.3 is 9.67 Å². The molecule has 1 unspecified atom stereocenters. The molecule has 0 amide bonds. The molecule has 4 heteroatoms. The predicted octanol–water partition coefficient (Wildman–Crippen LogP) is 3.62. The van der Waals surface area contributed by atoms with Gasteiger partial charge in [-0.1, -0.05) is 17.7 Å². The highest BCUT2D eigenvalue weighted by atomic mass is 16.3. The van der Waals surface area contributed by atoms with E-state index < -0.39 is 6.10 Å². The van der Waals surface area contributed by atoms with E-state index in [9.17, 15) is 5.11 Å². The molecule has 3 heterocycles. The Morgan fingerprint density at radius 2 is 2.08 bits per heavy atom. The molecule has 1 aliphatic heterocycles. The number of aliphatic hydroxyl groups excluding tert-OH is 1. The summed E-state index contributed by atoms with van der Waals surface area (Å²) in [5.41, 5.74) is 6.16. The number of aromatic nitrogens is 2. The number of hydrogen-bond acceptors (Lipinski definition) is 3. The number of benzene rings is 1. The number of nitrogens with zero attached hydrogens (tertiary/aromatic N) is 3. The predicted molar refractivity (Wildman–Crippen MR) is 105 cm³/mol. The van der Waals surface area contributed by atoms with Crippen molar-refractivity contribution < 1.29 is 5.11 Å². The van der Waals surface area contributed by atoms with E-state index in [4.69, 9.17) is 0 Å². The first-order valence-electron chi connectivity index (χ1n) is 9.19. The third kappa shape index (κ3) is 3.06. The second-order valence-electron chi connectivity index (χ2n) is 7.13. The zero-order valence-corrected chi connectivity index (χ0v) is 15.2. The van der Waals surface area contributed by atoms with Gasteiger partial charge in [0.2, 0.25) is 0 Å². The van der Waals surface area contributed by atoms with E-state index in [0.29, 0.717) is 6.54 Å². The van der Waals surface area contributed by atoms with Crippen molar-refractivity contribution in [3.05, 3.63) is 77.8 Å². The lowest BCUT2D eigenvalue weighted by molar-refractivity contribution is 0.156. The van der Waals surface area contributed by atoms with Crippen LogP contribution in [0, 0.1) is 6.92 Å². The van der Waals surface area contributed by atoms with Gasteiger partial charge in [0.25, 0.3) is 0 Å². The summed E-state index contributed by atoms with van der Waals surface area (Å²) >= 11 is 0. The summed E-state index contributed by atoms with van der Waals surface area (Å²) in [7, 11) is 0.